The van der Waals surface area contributed by atoms with Crippen molar-refractivity contribution in [3.63, 3.8) is 0 Å². The van der Waals surface area contributed by atoms with Gasteiger partial charge >= 0.3 is 0 Å². The number of benzene rings is 3. The standard InChI is InChI=1S/C27H23ClN4O4S/c28-20-5-3-4-19(16-20)17-25-27(34)31(23-6-1-2-7-24(23)37-25)18-26(33)30-14-12-29(13-15-30)21-8-10-22(11-9-21)32(35)36/h1-11,16-17H,12-15,18H2. The van der Waals surface area contributed by atoms with Gasteiger partial charge in [-0.3, -0.25) is 24.6 Å². The van der Waals surface area contributed by atoms with Crippen molar-refractivity contribution in [1.82, 2.24) is 4.90 Å². The molecule has 0 spiro atoms. The average Bonchev–Trinajstić information content (AvgIpc) is 2.91. The van der Waals surface area contributed by atoms with Crippen LogP contribution in [0.1, 0.15) is 5.56 Å². The first-order valence-electron chi connectivity index (χ1n) is 11.7. The summed E-state index contributed by atoms with van der Waals surface area (Å²) < 4.78 is 0. The molecule has 3 aromatic rings. The fourth-order valence-corrected chi connectivity index (χ4v) is 5.66. The molecule has 188 valence electrons. The molecule has 5 rings (SSSR count). The van der Waals surface area contributed by atoms with Gasteiger partial charge in [0.15, 0.2) is 0 Å². The van der Waals surface area contributed by atoms with E-state index in [4.69, 9.17) is 11.6 Å². The van der Waals surface area contributed by atoms with Crippen LogP contribution in [0.4, 0.5) is 17.1 Å². The summed E-state index contributed by atoms with van der Waals surface area (Å²) in [5.74, 6) is -0.345. The van der Waals surface area contributed by atoms with E-state index in [9.17, 15) is 19.7 Å². The predicted octanol–water partition coefficient (Wildman–Crippen LogP) is 5.08. The number of anilines is 2. The third-order valence-corrected chi connectivity index (χ3v) is 7.64. The minimum absolute atomic E-state index is 0.0472. The maximum atomic E-state index is 13.5. The summed E-state index contributed by atoms with van der Waals surface area (Å²) >= 11 is 7.51. The third kappa shape index (κ3) is 5.47. The van der Waals surface area contributed by atoms with Crippen molar-refractivity contribution < 1.29 is 14.5 Å². The molecule has 0 N–H and O–H groups in total. The molecule has 0 radical (unpaired) electrons. The van der Waals surface area contributed by atoms with Gasteiger partial charge in [-0.05, 0) is 48.0 Å². The highest BCUT2D eigenvalue weighted by atomic mass is 35.5. The number of nitro groups is 1. The Morgan fingerprint density at radius 1 is 1.00 bits per heavy atom. The zero-order valence-corrected chi connectivity index (χ0v) is 21.3. The van der Waals surface area contributed by atoms with E-state index in [0.29, 0.717) is 36.1 Å². The molecule has 0 bridgehead atoms. The van der Waals surface area contributed by atoms with Gasteiger partial charge in [-0.2, -0.15) is 0 Å². The van der Waals surface area contributed by atoms with Crippen molar-refractivity contribution in [3.8, 4) is 0 Å². The fraction of sp³-hybridized carbons (Fsp3) is 0.185. The Morgan fingerprint density at radius 2 is 1.73 bits per heavy atom. The van der Waals surface area contributed by atoms with E-state index in [1.54, 1.807) is 40.1 Å². The minimum Gasteiger partial charge on any atom is -0.368 e. The number of halogens is 1. The molecule has 37 heavy (non-hydrogen) atoms. The lowest BCUT2D eigenvalue weighted by atomic mass is 10.2. The van der Waals surface area contributed by atoms with Gasteiger partial charge in [-0.15, -0.1) is 0 Å². The molecule has 0 aromatic heterocycles. The highest BCUT2D eigenvalue weighted by Gasteiger charge is 2.32. The van der Waals surface area contributed by atoms with E-state index in [-0.39, 0.29) is 24.0 Å². The van der Waals surface area contributed by atoms with E-state index in [1.807, 2.05) is 36.4 Å². The number of nitro benzene ring substituents is 1. The molecule has 2 amide bonds. The molecule has 1 fully saturated rings. The maximum Gasteiger partial charge on any atom is 0.269 e. The number of nitrogens with zero attached hydrogens (tertiary/aromatic N) is 4. The lowest BCUT2D eigenvalue weighted by molar-refractivity contribution is -0.384. The Bertz CT molecular complexity index is 1390. The Hall–Kier alpha value is -3.82. The van der Waals surface area contributed by atoms with Gasteiger partial charge < -0.3 is 9.80 Å². The van der Waals surface area contributed by atoms with Crippen LogP contribution < -0.4 is 9.80 Å². The van der Waals surface area contributed by atoms with Gasteiger partial charge in [0.05, 0.1) is 15.5 Å². The van der Waals surface area contributed by atoms with Gasteiger partial charge in [0.25, 0.3) is 11.6 Å². The second-order valence-electron chi connectivity index (χ2n) is 8.67. The number of amides is 2. The van der Waals surface area contributed by atoms with Crippen LogP contribution in [0.3, 0.4) is 0 Å². The molecular weight excluding hydrogens is 512 g/mol. The monoisotopic (exact) mass is 534 g/mol. The summed E-state index contributed by atoms with van der Waals surface area (Å²) in [6.07, 6.45) is 1.80. The number of piperazine rings is 1. The summed E-state index contributed by atoms with van der Waals surface area (Å²) in [7, 11) is 0. The molecule has 2 heterocycles. The summed E-state index contributed by atoms with van der Waals surface area (Å²) in [5, 5.41) is 11.5. The Kier molecular flexibility index (Phi) is 7.16. The molecule has 10 heteroatoms. The summed E-state index contributed by atoms with van der Waals surface area (Å²) in [6, 6.07) is 21.3. The van der Waals surface area contributed by atoms with E-state index < -0.39 is 4.92 Å². The number of thioether (sulfide) groups is 1. The zero-order chi connectivity index (χ0) is 25.9. The zero-order valence-electron chi connectivity index (χ0n) is 19.7. The summed E-state index contributed by atoms with van der Waals surface area (Å²) in [6.45, 7) is 2.15. The van der Waals surface area contributed by atoms with Crippen LogP contribution in [0.5, 0.6) is 0 Å². The Morgan fingerprint density at radius 3 is 2.43 bits per heavy atom. The van der Waals surface area contributed by atoms with Crippen molar-refractivity contribution in [1.29, 1.82) is 0 Å². The minimum atomic E-state index is -0.422. The Labute approximate surface area is 223 Å². The second-order valence-corrected chi connectivity index (χ2v) is 10.2. The first kappa shape index (κ1) is 24.9. The van der Waals surface area contributed by atoms with Crippen LogP contribution in [0.25, 0.3) is 6.08 Å². The normalized spacial score (nSPS) is 16.6. The number of hydrogen-bond donors (Lipinski definition) is 0. The first-order chi connectivity index (χ1) is 17.9. The second kappa shape index (κ2) is 10.7. The number of hydrogen-bond acceptors (Lipinski definition) is 6. The lowest BCUT2D eigenvalue weighted by Crippen LogP contribution is -2.52. The van der Waals surface area contributed by atoms with Gasteiger partial charge in [0, 0.05) is 53.9 Å². The average molecular weight is 535 g/mol. The smallest absolute Gasteiger partial charge is 0.269 e. The number of rotatable bonds is 5. The number of non-ortho nitro benzene ring substituents is 1. The SMILES string of the molecule is O=C(CN1C(=O)C(=Cc2cccc(Cl)c2)Sc2ccccc21)N1CCN(c2ccc([N+](=O)[O-])cc2)CC1. The van der Waals surface area contributed by atoms with Crippen molar-refractivity contribution in [2.75, 3.05) is 42.5 Å². The number of fused-ring (bicyclic) bond motifs is 1. The molecule has 0 unspecified atom stereocenters. The molecule has 8 nitrogen and oxygen atoms in total. The highest BCUT2D eigenvalue weighted by Crippen LogP contribution is 2.42. The van der Waals surface area contributed by atoms with Crippen molar-refractivity contribution in [2.45, 2.75) is 4.90 Å². The van der Waals surface area contributed by atoms with E-state index in [0.717, 1.165) is 21.8 Å². The largest absolute Gasteiger partial charge is 0.368 e. The lowest BCUT2D eigenvalue weighted by Gasteiger charge is -2.37. The van der Waals surface area contributed by atoms with E-state index >= 15 is 0 Å². The molecule has 0 atom stereocenters. The van der Waals surface area contributed by atoms with Gasteiger partial charge in [-0.1, -0.05) is 47.6 Å². The predicted molar refractivity (Wildman–Crippen MR) is 146 cm³/mol. The van der Waals surface area contributed by atoms with Crippen molar-refractivity contribution >= 4 is 58.3 Å². The molecule has 0 aliphatic carbocycles. The van der Waals surface area contributed by atoms with Gasteiger partial charge in [0.2, 0.25) is 5.91 Å². The molecule has 2 aliphatic heterocycles. The van der Waals surface area contributed by atoms with Crippen LogP contribution in [0.15, 0.2) is 82.6 Å². The van der Waals surface area contributed by atoms with Crippen LogP contribution in [0, 0.1) is 10.1 Å². The van der Waals surface area contributed by atoms with Gasteiger partial charge in [0.1, 0.15) is 6.54 Å². The molecular formula is C27H23ClN4O4S. The van der Waals surface area contributed by atoms with E-state index in [1.165, 1.54) is 23.9 Å². The topological polar surface area (TPSA) is 87.0 Å². The van der Waals surface area contributed by atoms with Crippen molar-refractivity contribution in [2.24, 2.45) is 0 Å². The maximum absolute atomic E-state index is 13.5. The number of para-hydroxylation sites is 1. The van der Waals surface area contributed by atoms with Crippen LogP contribution >= 0.6 is 23.4 Å². The molecule has 3 aromatic carbocycles. The number of carbonyl (C=O) groups excluding carboxylic acids is 2. The quantitative estimate of drug-likeness (QED) is 0.258. The third-order valence-electron chi connectivity index (χ3n) is 6.33. The molecule has 1 saturated heterocycles. The summed E-state index contributed by atoms with van der Waals surface area (Å²) in [5.41, 5.74) is 2.46. The molecule has 2 aliphatic rings. The number of carbonyl (C=O) groups is 2. The van der Waals surface area contributed by atoms with Crippen LogP contribution in [0.2, 0.25) is 5.02 Å². The van der Waals surface area contributed by atoms with Gasteiger partial charge in [-0.25, -0.2) is 0 Å². The van der Waals surface area contributed by atoms with E-state index in [2.05, 4.69) is 4.90 Å². The Balaban J connectivity index is 1.29. The van der Waals surface area contributed by atoms with Crippen molar-refractivity contribution in [3.05, 3.63) is 98.4 Å². The summed E-state index contributed by atoms with van der Waals surface area (Å²) in [4.78, 5) is 44.1. The first-order valence-corrected chi connectivity index (χ1v) is 12.9. The molecule has 0 saturated carbocycles. The van der Waals surface area contributed by atoms with Crippen LogP contribution in [-0.4, -0.2) is 54.4 Å². The fourth-order valence-electron chi connectivity index (χ4n) is 4.40. The van der Waals surface area contributed by atoms with Crippen LogP contribution in [-0.2, 0) is 9.59 Å². The highest BCUT2D eigenvalue weighted by molar-refractivity contribution is 8.04.